The van der Waals surface area contributed by atoms with Gasteiger partial charge in [-0.1, -0.05) is 46.0 Å². The number of nitrogens with zero attached hydrogens (tertiary/aromatic N) is 1. The van der Waals surface area contributed by atoms with E-state index in [0.29, 0.717) is 6.04 Å². The van der Waals surface area contributed by atoms with Crippen LogP contribution in [0.2, 0.25) is 0 Å². The van der Waals surface area contributed by atoms with Crippen LogP contribution >= 0.6 is 0 Å². The molecule has 1 aromatic heterocycles. The fourth-order valence-electron chi connectivity index (χ4n) is 2.35. The van der Waals surface area contributed by atoms with E-state index >= 15 is 0 Å². The summed E-state index contributed by atoms with van der Waals surface area (Å²) >= 11 is 0. The van der Waals surface area contributed by atoms with Crippen molar-refractivity contribution in [2.45, 2.75) is 71.9 Å². The lowest BCUT2D eigenvalue weighted by Gasteiger charge is -2.09. The third-order valence-corrected chi connectivity index (χ3v) is 3.55. The molecule has 1 atom stereocenters. The van der Waals surface area contributed by atoms with Crippen LogP contribution in [-0.2, 0) is 6.54 Å². The molecular weight excluding hydrogens is 220 g/mol. The minimum absolute atomic E-state index is 0.473. The zero-order valence-electron chi connectivity index (χ0n) is 12.4. The Kier molecular flexibility index (Phi) is 7.83. The summed E-state index contributed by atoms with van der Waals surface area (Å²) in [6.45, 7) is 8.86. The second-order valence-corrected chi connectivity index (χ2v) is 5.23. The van der Waals surface area contributed by atoms with Crippen molar-refractivity contribution in [3.8, 4) is 0 Å². The van der Waals surface area contributed by atoms with Gasteiger partial charge >= 0.3 is 0 Å². The third kappa shape index (κ3) is 5.72. The molecule has 18 heavy (non-hydrogen) atoms. The van der Waals surface area contributed by atoms with E-state index in [0.717, 1.165) is 6.54 Å². The van der Waals surface area contributed by atoms with E-state index in [1.165, 1.54) is 50.6 Å². The van der Waals surface area contributed by atoms with Crippen LogP contribution in [0.4, 0.5) is 0 Å². The van der Waals surface area contributed by atoms with Crippen molar-refractivity contribution in [2.75, 3.05) is 6.54 Å². The molecule has 104 valence electrons. The number of rotatable bonds is 10. The Morgan fingerprint density at radius 3 is 2.56 bits per heavy atom. The van der Waals surface area contributed by atoms with Crippen molar-refractivity contribution in [2.24, 2.45) is 0 Å². The molecule has 1 unspecified atom stereocenters. The van der Waals surface area contributed by atoms with Crippen molar-refractivity contribution in [1.82, 2.24) is 9.88 Å². The summed E-state index contributed by atoms with van der Waals surface area (Å²) in [7, 11) is 0. The van der Waals surface area contributed by atoms with Crippen molar-refractivity contribution in [1.29, 1.82) is 0 Å². The zero-order chi connectivity index (χ0) is 13.2. The minimum atomic E-state index is 0.473. The van der Waals surface area contributed by atoms with Crippen LogP contribution in [-0.4, -0.2) is 11.1 Å². The highest BCUT2D eigenvalue weighted by atomic mass is 15.0. The molecule has 1 aromatic rings. The van der Waals surface area contributed by atoms with Crippen LogP contribution in [0.5, 0.6) is 0 Å². The molecular formula is C16H30N2. The quantitative estimate of drug-likeness (QED) is 0.604. The van der Waals surface area contributed by atoms with Gasteiger partial charge in [0.15, 0.2) is 0 Å². The normalized spacial score (nSPS) is 12.8. The Balaban J connectivity index is 2.19. The maximum absolute atomic E-state index is 3.45. The van der Waals surface area contributed by atoms with Gasteiger partial charge in [-0.2, -0.15) is 0 Å². The average Bonchev–Trinajstić information content (AvgIpc) is 2.83. The van der Waals surface area contributed by atoms with Crippen LogP contribution in [0, 0.1) is 0 Å². The topological polar surface area (TPSA) is 17.0 Å². The Morgan fingerprint density at radius 2 is 1.83 bits per heavy atom. The van der Waals surface area contributed by atoms with Crippen LogP contribution in [0.25, 0.3) is 0 Å². The van der Waals surface area contributed by atoms with E-state index in [1.54, 1.807) is 0 Å². The Hall–Kier alpha value is -0.760. The maximum Gasteiger partial charge on any atom is 0.0306 e. The molecule has 0 amide bonds. The second kappa shape index (κ2) is 9.21. The van der Waals surface area contributed by atoms with E-state index < -0.39 is 0 Å². The lowest BCUT2D eigenvalue weighted by molar-refractivity contribution is 0.555. The molecule has 0 spiro atoms. The van der Waals surface area contributed by atoms with Crippen molar-refractivity contribution in [3.05, 3.63) is 24.0 Å². The van der Waals surface area contributed by atoms with Crippen molar-refractivity contribution in [3.63, 3.8) is 0 Å². The first-order chi connectivity index (χ1) is 8.77. The van der Waals surface area contributed by atoms with E-state index in [4.69, 9.17) is 0 Å². The highest BCUT2D eigenvalue weighted by molar-refractivity contribution is 5.14. The number of unbranched alkanes of at least 4 members (excludes halogenated alkanes) is 5. The highest BCUT2D eigenvalue weighted by Crippen LogP contribution is 2.13. The molecule has 1 rings (SSSR count). The predicted octanol–water partition coefficient (Wildman–Crippen LogP) is 4.52. The van der Waals surface area contributed by atoms with Gasteiger partial charge in [0, 0.05) is 25.0 Å². The smallest absolute Gasteiger partial charge is 0.0306 e. The van der Waals surface area contributed by atoms with E-state index in [9.17, 15) is 0 Å². The number of aromatic nitrogens is 1. The molecule has 0 bridgehead atoms. The second-order valence-electron chi connectivity index (χ2n) is 5.23. The van der Waals surface area contributed by atoms with Gasteiger partial charge in [-0.25, -0.2) is 0 Å². The zero-order valence-corrected chi connectivity index (χ0v) is 12.4. The molecule has 0 saturated heterocycles. The Bertz CT molecular complexity index is 304. The average molecular weight is 250 g/mol. The molecule has 0 aliphatic rings. The largest absolute Gasteiger partial charge is 0.354 e. The summed E-state index contributed by atoms with van der Waals surface area (Å²) in [6.07, 6.45) is 12.7. The van der Waals surface area contributed by atoms with E-state index in [-0.39, 0.29) is 0 Å². The molecule has 2 heteroatoms. The first-order valence-corrected chi connectivity index (χ1v) is 7.67. The van der Waals surface area contributed by atoms with Crippen molar-refractivity contribution < 1.29 is 0 Å². The van der Waals surface area contributed by atoms with Crippen LogP contribution < -0.4 is 5.32 Å². The summed E-state index contributed by atoms with van der Waals surface area (Å²) in [5, 5.41) is 3.45. The maximum atomic E-state index is 3.45. The summed E-state index contributed by atoms with van der Waals surface area (Å²) in [4.78, 5) is 0. The summed E-state index contributed by atoms with van der Waals surface area (Å²) < 4.78 is 2.34. The number of hydrogen-bond donors (Lipinski definition) is 1. The molecule has 0 aliphatic carbocycles. The van der Waals surface area contributed by atoms with Gasteiger partial charge in [-0.05, 0) is 31.5 Å². The summed E-state index contributed by atoms with van der Waals surface area (Å²) in [6, 6.07) is 2.71. The lowest BCUT2D eigenvalue weighted by Crippen LogP contribution is -2.17. The fraction of sp³-hybridized carbons (Fsp3) is 0.750. The first-order valence-electron chi connectivity index (χ1n) is 7.67. The molecule has 0 fully saturated rings. The molecule has 0 aliphatic heterocycles. The van der Waals surface area contributed by atoms with Gasteiger partial charge in [0.05, 0.1) is 0 Å². The van der Waals surface area contributed by atoms with Crippen LogP contribution in [0.15, 0.2) is 18.5 Å². The fourth-order valence-corrected chi connectivity index (χ4v) is 2.35. The van der Waals surface area contributed by atoms with Gasteiger partial charge in [-0.3, -0.25) is 0 Å². The number of aryl methyl sites for hydroxylation is 1. The first kappa shape index (κ1) is 15.3. The van der Waals surface area contributed by atoms with E-state index in [2.05, 4.69) is 49.1 Å². The molecule has 2 nitrogen and oxygen atoms in total. The predicted molar refractivity (Wildman–Crippen MR) is 79.9 cm³/mol. The van der Waals surface area contributed by atoms with Gasteiger partial charge in [0.2, 0.25) is 0 Å². The van der Waals surface area contributed by atoms with Gasteiger partial charge in [-0.15, -0.1) is 0 Å². The molecule has 1 heterocycles. The van der Waals surface area contributed by atoms with Crippen molar-refractivity contribution >= 4 is 0 Å². The van der Waals surface area contributed by atoms with Gasteiger partial charge in [0.1, 0.15) is 0 Å². The summed E-state index contributed by atoms with van der Waals surface area (Å²) in [5.74, 6) is 0. The van der Waals surface area contributed by atoms with Crippen LogP contribution in [0.3, 0.4) is 0 Å². The summed E-state index contributed by atoms with van der Waals surface area (Å²) in [5.41, 5.74) is 1.41. The van der Waals surface area contributed by atoms with Gasteiger partial charge in [0.25, 0.3) is 0 Å². The SMILES string of the molecule is CCCCCCCCn1ccc(C(C)NCC)c1. The Morgan fingerprint density at radius 1 is 1.11 bits per heavy atom. The number of nitrogens with one attached hydrogen (secondary N) is 1. The van der Waals surface area contributed by atoms with Gasteiger partial charge < -0.3 is 9.88 Å². The standard InChI is InChI=1S/C16H30N2/c1-4-6-7-8-9-10-12-18-13-11-16(14-18)15(3)17-5-2/h11,13-15,17H,4-10,12H2,1-3H3. The monoisotopic (exact) mass is 250 g/mol. The highest BCUT2D eigenvalue weighted by Gasteiger charge is 2.04. The molecule has 0 aromatic carbocycles. The number of hydrogen-bond acceptors (Lipinski definition) is 1. The molecule has 0 radical (unpaired) electrons. The third-order valence-electron chi connectivity index (χ3n) is 3.55. The van der Waals surface area contributed by atoms with E-state index in [1.807, 2.05) is 0 Å². The van der Waals surface area contributed by atoms with Crippen LogP contribution in [0.1, 0.15) is 70.9 Å². The Labute approximate surface area is 113 Å². The molecule has 1 N–H and O–H groups in total. The molecule has 0 saturated carbocycles. The lowest BCUT2D eigenvalue weighted by atomic mass is 10.1. The minimum Gasteiger partial charge on any atom is -0.354 e.